The number of nitrogens with one attached hydrogen (secondary N) is 3. The highest BCUT2D eigenvalue weighted by molar-refractivity contribution is 6.21. The van der Waals surface area contributed by atoms with Crippen molar-refractivity contribution in [3.8, 4) is 0 Å². The first kappa shape index (κ1) is 82.0. The first-order chi connectivity index (χ1) is 47.6. The second kappa shape index (κ2) is 36.4. The Hall–Kier alpha value is -6.28. The van der Waals surface area contributed by atoms with E-state index in [0.717, 1.165) is 44.9 Å². The normalized spacial score (nSPS) is 30.5. The largest absolute Gasteiger partial charge is 0.393 e. The van der Waals surface area contributed by atoms with E-state index < -0.39 is 167 Å². The molecule has 4 heterocycles. The molecule has 7 aliphatic rings. The van der Waals surface area contributed by atoms with E-state index in [-0.39, 0.29) is 108 Å². The maximum atomic E-state index is 15.5. The van der Waals surface area contributed by atoms with Gasteiger partial charge in [0.05, 0.1) is 18.9 Å². The van der Waals surface area contributed by atoms with Crippen LogP contribution >= 0.6 is 11.6 Å². The highest BCUT2D eigenvalue weighted by atomic mass is 35.5. The Morgan fingerprint density at radius 2 is 1.22 bits per heavy atom. The summed E-state index contributed by atoms with van der Waals surface area (Å²) < 4.78 is 42.1. The lowest BCUT2D eigenvalue weighted by atomic mass is 9.78. The standard InChI is InChI=1S/C73H118ClF3N12O12/c1-13-14-17-27-52-65(95)82(8)47(6)64(94)89-39-33-55(89)68(98)84(10)57(42-48-25-18-15-19-26-48)67(97)81(7)44-59(90)78-53(32-30-49-29-31-50(51(74)41-49)73(75,76)77)66(96)88-38-24-28-54(88)63(93)80-72(34-20-21-35-72)71(101)86(12)61(46(4)5)70(100)85(11)58(69(99)87-36-22-16-23-37-87)43-60(91)83(9)56(40-45(2)3)62(92)79-52/h45-58,61H,13-44H2,1-12H3,(H,78,90)(H,79,92)(H,80,93)/t47-,49?,50?,51?,52-,53-,54-,55-,56-,57-,58-,61-/m0/s1. The number of carbonyl (C=O) groups is 12. The molecule has 570 valence electrons. The highest BCUT2D eigenvalue weighted by Gasteiger charge is 2.52. The van der Waals surface area contributed by atoms with Crippen molar-refractivity contribution >= 4 is 82.5 Å². The summed E-state index contributed by atoms with van der Waals surface area (Å²) in [5.41, 5.74) is -1.56. The molecule has 0 bridgehead atoms. The Morgan fingerprint density at radius 1 is 0.584 bits per heavy atom. The van der Waals surface area contributed by atoms with Crippen LogP contribution < -0.4 is 16.0 Å². The van der Waals surface area contributed by atoms with E-state index in [2.05, 4.69) is 16.0 Å². The van der Waals surface area contributed by atoms with Gasteiger partial charge in [-0.1, -0.05) is 98.8 Å². The number of piperidine rings is 1. The molecule has 12 atom stereocenters. The number of fused-ring (bicyclic) bond motifs is 2. The average Bonchev–Trinajstić information content (AvgIpc) is 1.75. The second-order valence-electron chi connectivity index (χ2n) is 31.2. The molecule has 101 heavy (non-hydrogen) atoms. The Bertz CT molecular complexity index is 2940. The summed E-state index contributed by atoms with van der Waals surface area (Å²) in [5, 5.41) is 7.63. The lowest BCUT2D eigenvalue weighted by Crippen LogP contribution is -2.65. The maximum Gasteiger partial charge on any atom is 0.393 e. The van der Waals surface area contributed by atoms with E-state index in [1.807, 2.05) is 20.8 Å². The number of rotatable bonds is 13. The average molecular weight is 1450 g/mol. The molecular weight excluding hydrogens is 1330 g/mol. The molecule has 0 aromatic heterocycles. The molecule has 28 heteroatoms. The van der Waals surface area contributed by atoms with E-state index in [0.29, 0.717) is 58.0 Å². The van der Waals surface area contributed by atoms with Crippen molar-refractivity contribution in [2.75, 3.05) is 75.0 Å². The number of unbranched alkanes of at least 4 members (excludes halogenated alkanes) is 2. The van der Waals surface area contributed by atoms with Crippen molar-refractivity contribution in [1.82, 2.24) is 60.0 Å². The zero-order valence-corrected chi connectivity index (χ0v) is 63.0. The fourth-order valence-corrected chi connectivity index (χ4v) is 17.2. The molecule has 1 spiro atoms. The van der Waals surface area contributed by atoms with Crippen molar-refractivity contribution in [3.63, 3.8) is 0 Å². The Morgan fingerprint density at radius 3 is 1.81 bits per heavy atom. The third-order valence-electron chi connectivity index (χ3n) is 23.2. The van der Waals surface area contributed by atoms with Gasteiger partial charge in [-0.15, -0.1) is 11.6 Å². The number of halogens is 4. The van der Waals surface area contributed by atoms with E-state index >= 15 is 28.8 Å². The molecule has 3 saturated carbocycles. The van der Waals surface area contributed by atoms with Crippen LogP contribution in [-0.4, -0.2) is 261 Å². The van der Waals surface area contributed by atoms with E-state index in [4.69, 9.17) is 11.6 Å². The molecule has 12 amide bonds. The minimum absolute atomic E-state index is 0.00184. The fourth-order valence-electron chi connectivity index (χ4n) is 16.7. The molecule has 4 aliphatic heterocycles. The number of hydrogen-bond donors (Lipinski definition) is 3. The van der Waals surface area contributed by atoms with Crippen LogP contribution in [0.4, 0.5) is 13.2 Å². The monoisotopic (exact) mass is 1450 g/mol. The van der Waals surface area contributed by atoms with Gasteiger partial charge in [0.15, 0.2) is 0 Å². The molecule has 7 fully saturated rings. The van der Waals surface area contributed by atoms with Crippen molar-refractivity contribution in [2.24, 2.45) is 29.6 Å². The number of hydrogen-bond acceptors (Lipinski definition) is 12. The zero-order chi connectivity index (χ0) is 74.5. The summed E-state index contributed by atoms with van der Waals surface area (Å²) in [6.45, 7) is 11.2. The predicted octanol–water partition coefficient (Wildman–Crippen LogP) is 6.63. The Kier molecular flexibility index (Phi) is 29.6. The number of likely N-dealkylation sites (tertiary alicyclic amines) is 1. The molecule has 24 nitrogen and oxygen atoms in total. The lowest BCUT2D eigenvalue weighted by Gasteiger charge is -2.45. The van der Waals surface area contributed by atoms with Crippen molar-refractivity contribution in [2.45, 2.75) is 286 Å². The van der Waals surface area contributed by atoms with Crippen LogP contribution in [0.25, 0.3) is 0 Å². The van der Waals surface area contributed by atoms with E-state index in [9.17, 15) is 41.9 Å². The van der Waals surface area contributed by atoms with Gasteiger partial charge >= 0.3 is 6.18 Å². The van der Waals surface area contributed by atoms with E-state index in [1.165, 1.54) is 88.4 Å². The topological polar surface area (TPSA) is 270 Å². The summed E-state index contributed by atoms with van der Waals surface area (Å²) in [5.74, 6) is -10.1. The van der Waals surface area contributed by atoms with E-state index in [1.54, 1.807) is 18.7 Å². The summed E-state index contributed by atoms with van der Waals surface area (Å²) in [6.07, 6.45) is 6.41. The summed E-state index contributed by atoms with van der Waals surface area (Å²) in [7, 11) is 8.71. The smallest absolute Gasteiger partial charge is 0.343 e. The van der Waals surface area contributed by atoms with Gasteiger partial charge in [-0.2, -0.15) is 13.2 Å². The van der Waals surface area contributed by atoms with Gasteiger partial charge in [-0.05, 0) is 133 Å². The molecule has 0 aromatic carbocycles. The quantitative estimate of drug-likeness (QED) is 0.130. The second-order valence-corrected chi connectivity index (χ2v) is 31.8. The lowest BCUT2D eigenvalue weighted by molar-refractivity contribution is -0.182. The number of carbonyl (C=O) groups excluding carboxylic acids is 12. The third kappa shape index (κ3) is 20.2. The van der Waals surface area contributed by atoms with Crippen LogP contribution in [0.2, 0.25) is 0 Å². The van der Waals surface area contributed by atoms with Crippen LogP contribution in [0.15, 0.2) is 0 Å². The van der Waals surface area contributed by atoms with Crippen molar-refractivity contribution in [1.29, 1.82) is 0 Å². The van der Waals surface area contributed by atoms with Gasteiger partial charge in [0.25, 0.3) is 0 Å². The summed E-state index contributed by atoms with van der Waals surface area (Å²) in [4.78, 5) is 192. The Balaban J connectivity index is 1.27. The Labute approximate surface area is 601 Å². The number of likely N-dealkylation sites (N-methyl/N-ethyl adjacent to an activating group) is 6. The maximum absolute atomic E-state index is 15.5. The number of amides is 12. The van der Waals surface area contributed by atoms with Crippen LogP contribution in [0.1, 0.15) is 215 Å². The van der Waals surface area contributed by atoms with Crippen LogP contribution in [0, 0.1) is 29.6 Å². The highest BCUT2D eigenvalue weighted by Crippen LogP contribution is 2.44. The van der Waals surface area contributed by atoms with Gasteiger partial charge in [-0.25, -0.2) is 0 Å². The summed E-state index contributed by atoms with van der Waals surface area (Å²) in [6, 6.07) is -10.7. The van der Waals surface area contributed by atoms with Crippen molar-refractivity contribution in [3.05, 3.63) is 0 Å². The minimum atomic E-state index is -4.51. The fraction of sp³-hybridized carbons (Fsp3) is 0.836. The predicted molar refractivity (Wildman–Crippen MR) is 375 cm³/mol. The number of nitrogens with zero attached hydrogens (tertiary/aromatic N) is 9. The van der Waals surface area contributed by atoms with Gasteiger partial charge in [0, 0.05) is 73.8 Å². The van der Waals surface area contributed by atoms with Crippen molar-refractivity contribution < 1.29 is 70.7 Å². The van der Waals surface area contributed by atoms with Gasteiger partial charge in [-0.3, -0.25) is 57.5 Å². The molecule has 4 saturated heterocycles. The molecule has 3 aliphatic carbocycles. The molecular formula is C73H118ClF3N12O12. The molecule has 0 radical (unpaired) electrons. The SMILES string of the molecule is CCCCC[C@@H]1NC(=O)[C@H](CC(C)C)N(C)C(=O)C[C@@H](C(=O)N2CCCCC2)N(C)C(=O)[C@H](C(C)C)N(C)C(=O)C2(CCCC2)NC(=O)[C@@H]2CCCN2C(=O)[C@H](CCC2CCC(C(F)(F)F)C(Cl)C2)NC(=O)CN(C)C(=O)[C@H](CC2CCCCC2)N(C)C(=O)[C@@H]2CCN2C(=O)[C@H](C)N(C)C1=O. The number of alkyl halides is 4. The minimum Gasteiger partial charge on any atom is -0.343 e. The first-order valence-corrected chi connectivity index (χ1v) is 38.2. The molecule has 0 aromatic rings. The first-order valence-electron chi connectivity index (χ1n) is 37.7. The molecule has 3 unspecified atom stereocenters. The summed E-state index contributed by atoms with van der Waals surface area (Å²) >= 11 is 6.41. The van der Waals surface area contributed by atoms with Crippen LogP contribution in [-0.2, 0) is 57.5 Å². The zero-order valence-electron chi connectivity index (χ0n) is 62.2. The van der Waals surface area contributed by atoms with Crippen LogP contribution in [0.5, 0.6) is 0 Å². The van der Waals surface area contributed by atoms with Gasteiger partial charge < -0.3 is 60.0 Å². The van der Waals surface area contributed by atoms with Crippen LogP contribution in [0.3, 0.4) is 0 Å². The third-order valence-corrected chi connectivity index (χ3v) is 23.7. The molecule has 3 N–H and O–H groups in total. The van der Waals surface area contributed by atoms with Gasteiger partial charge in [0.2, 0.25) is 70.9 Å². The van der Waals surface area contributed by atoms with Gasteiger partial charge in [0.1, 0.15) is 59.9 Å². The molecule has 7 rings (SSSR count).